The van der Waals surface area contributed by atoms with Gasteiger partial charge in [-0.15, -0.1) is 11.3 Å². The van der Waals surface area contributed by atoms with Crippen molar-refractivity contribution in [1.29, 1.82) is 0 Å². The first-order chi connectivity index (χ1) is 12.5. The van der Waals surface area contributed by atoms with Crippen molar-refractivity contribution in [3.05, 3.63) is 69.9 Å². The third kappa shape index (κ3) is 2.94. The molecule has 3 aromatic rings. The average Bonchev–Trinajstić information content (AvgIpc) is 3.16. The molecule has 0 atom stereocenters. The lowest BCUT2D eigenvalue weighted by Crippen LogP contribution is -2.27. The number of thioether (sulfide) groups is 1. The molecule has 1 aliphatic heterocycles. The fourth-order valence-electron chi connectivity index (χ4n) is 2.69. The number of hydrogen-bond donors (Lipinski definition) is 1. The fraction of sp³-hybridized carbons (Fsp3) is 0. The van der Waals surface area contributed by atoms with E-state index < -0.39 is 5.97 Å². The number of anilines is 1. The summed E-state index contributed by atoms with van der Waals surface area (Å²) < 4.78 is 1.60. The third-order valence-electron chi connectivity index (χ3n) is 3.96. The van der Waals surface area contributed by atoms with Crippen molar-refractivity contribution >= 4 is 73.4 Å². The van der Waals surface area contributed by atoms with Crippen molar-refractivity contribution < 1.29 is 14.7 Å². The van der Waals surface area contributed by atoms with Crippen molar-refractivity contribution in [2.75, 3.05) is 4.90 Å². The van der Waals surface area contributed by atoms with Gasteiger partial charge in [-0.3, -0.25) is 9.69 Å². The molecule has 2 heterocycles. The van der Waals surface area contributed by atoms with Crippen LogP contribution >= 0.6 is 35.3 Å². The average molecular weight is 398 g/mol. The normalized spacial score (nSPS) is 16.0. The zero-order valence-corrected chi connectivity index (χ0v) is 15.7. The van der Waals surface area contributed by atoms with E-state index in [0.29, 0.717) is 14.9 Å². The van der Waals surface area contributed by atoms with Gasteiger partial charge in [0.05, 0.1) is 16.2 Å². The van der Waals surface area contributed by atoms with Crippen LogP contribution < -0.4 is 4.90 Å². The molecule has 1 aliphatic rings. The fourth-order valence-corrected chi connectivity index (χ4v) is 4.90. The van der Waals surface area contributed by atoms with Gasteiger partial charge in [0.2, 0.25) is 0 Å². The van der Waals surface area contributed by atoms with Crippen molar-refractivity contribution in [3.8, 4) is 0 Å². The summed E-state index contributed by atoms with van der Waals surface area (Å²) in [6.07, 6.45) is 1.86. The third-order valence-corrected chi connectivity index (χ3v) is 6.25. The molecule has 0 unspecified atom stereocenters. The Balaban J connectivity index is 1.68. The minimum Gasteiger partial charge on any atom is -0.478 e. The van der Waals surface area contributed by atoms with Crippen LogP contribution in [0.3, 0.4) is 0 Å². The van der Waals surface area contributed by atoms with Gasteiger partial charge in [0, 0.05) is 4.70 Å². The SMILES string of the molecule is O=C(O)c1ccc(N2C(=O)/C(=C/c3csc4ccccc34)SC2=S)cc1. The Bertz CT molecular complexity index is 1080. The monoisotopic (exact) mass is 397 g/mol. The second-order valence-corrected chi connectivity index (χ2v) is 8.14. The molecule has 26 heavy (non-hydrogen) atoms. The number of carbonyl (C=O) groups excluding carboxylic acids is 1. The molecule has 4 nitrogen and oxygen atoms in total. The lowest BCUT2D eigenvalue weighted by Gasteiger charge is -2.14. The molecule has 0 radical (unpaired) electrons. The van der Waals surface area contributed by atoms with Crippen LogP contribution in [0.4, 0.5) is 5.69 Å². The van der Waals surface area contributed by atoms with Crippen molar-refractivity contribution in [2.24, 2.45) is 0 Å². The molecular weight excluding hydrogens is 386 g/mol. The van der Waals surface area contributed by atoms with E-state index in [1.54, 1.807) is 23.5 Å². The molecule has 0 saturated carbocycles. The summed E-state index contributed by atoms with van der Waals surface area (Å²) in [5, 5.41) is 12.1. The van der Waals surface area contributed by atoms with Gasteiger partial charge in [-0.1, -0.05) is 42.2 Å². The van der Waals surface area contributed by atoms with Gasteiger partial charge in [0.1, 0.15) is 0 Å². The molecule has 1 saturated heterocycles. The molecule has 7 heteroatoms. The highest BCUT2D eigenvalue weighted by Gasteiger charge is 2.33. The number of thiocarbonyl (C=S) groups is 1. The number of carboxylic acids is 1. The van der Waals surface area contributed by atoms with Crippen LogP contribution in [0, 0.1) is 0 Å². The first-order valence-electron chi connectivity index (χ1n) is 7.62. The summed E-state index contributed by atoms with van der Waals surface area (Å²) in [4.78, 5) is 25.8. The molecule has 0 bridgehead atoms. The molecule has 0 spiro atoms. The number of rotatable bonds is 3. The number of aromatic carboxylic acids is 1. The molecule has 1 amide bonds. The molecule has 2 aromatic carbocycles. The molecule has 0 aliphatic carbocycles. The maximum absolute atomic E-state index is 12.8. The Hall–Kier alpha value is -2.48. The van der Waals surface area contributed by atoms with Crippen LogP contribution in [0.25, 0.3) is 16.2 Å². The Morgan fingerprint density at radius 1 is 1.12 bits per heavy atom. The standard InChI is InChI=1S/C19H11NO3S3/c21-17-16(9-12-10-25-15-4-2-1-3-14(12)15)26-19(24)20(17)13-7-5-11(6-8-13)18(22)23/h1-10H,(H,22,23)/b16-9-. The van der Waals surface area contributed by atoms with Gasteiger partial charge in [-0.25, -0.2) is 4.79 Å². The Morgan fingerprint density at radius 3 is 2.58 bits per heavy atom. The van der Waals surface area contributed by atoms with Crippen LogP contribution in [-0.2, 0) is 4.79 Å². The summed E-state index contributed by atoms with van der Waals surface area (Å²) in [7, 11) is 0. The van der Waals surface area contributed by atoms with Crippen LogP contribution in [0.15, 0.2) is 58.8 Å². The maximum atomic E-state index is 12.8. The predicted octanol–water partition coefficient (Wildman–Crippen LogP) is 5.01. The van der Waals surface area contributed by atoms with Gasteiger partial charge >= 0.3 is 5.97 Å². The zero-order chi connectivity index (χ0) is 18.3. The number of thiophene rings is 1. The summed E-state index contributed by atoms with van der Waals surface area (Å²) in [5.74, 6) is -1.20. The number of carboxylic acid groups (broad SMARTS) is 1. The highest BCUT2D eigenvalue weighted by Crippen LogP contribution is 2.37. The minimum absolute atomic E-state index is 0.166. The quantitative estimate of drug-likeness (QED) is 0.498. The molecule has 1 fully saturated rings. The molecule has 128 valence electrons. The first kappa shape index (κ1) is 17.0. The molecule has 1 N–H and O–H groups in total. The van der Waals surface area contributed by atoms with Crippen molar-refractivity contribution in [3.63, 3.8) is 0 Å². The lowest BCUT2D eigenvalue weighted by molar-refractivity contribution is -0.113. The van der Waals surface area contributed by atoms with Gasteiger partial charge < -0.3 is 5.11 Å². The van der Waals surface area contributed by atoms with E-state index >= 15 is 0 Å². The van der Waals surface area contributed by atoms with Crippen LogP contribution in [0.5, 0.6) is 0 Å². The summed E-state index contributed by atoms with van der Waals surface area (Å²) in [6, 6.07) is 14.2. The van der Waals surface area contributed by atoms with E-state index in [4.69, 9.17) is 17.3 Å². The van der Waals surface area contributed by atoms with Gasteiger partial charge in [0.15, 0.2) is 4.32 Å². The topological polar surface area (TPSA) is 57.6 Å². The second kappa shape index (κ2) is 6.68. The highest BCUT2D eigenvalue weighted by molar-refractivity contribution is 8.27. The van der Waals surface area contributed by atoms with Crippen LogP contribution in [-0.4, -0.2) is 21.3 Å². The molecule has 4 rings (SSSR count). The molecular formula is C19H11NO3S3. The smallest absolute Gasteiger partial charge is 0.335 e. The second-order valence-electron chi connectivity index (χ2n) is 5.56. The van der Waals surface area contributed by atoms with E-state index in [2.05, 4.69) is 0 Å². The largest absolute Gasteiger partial charge is 0.478 e. The maximum Gasteiger partial charge on any atom is 0.335 e. The Labute approximate surface area is 162 Å². The number of fused-ring (bicyclic) bond motifs is 1. The van der Waals surface area contributed by atoms with E-state index in [1.807, 2.05) is 35.7 Å². The van der Waals surface area contributed by atoms with Gasteiger partial charge in [0.25, 0.3) is 5.91 Å². The zero-order valence-electron chi connectivity index (χ0n) is 13.2. The molecule has 1 aromatic heterocycles. The van der Waals surface area contributed by atoms with Crippen LogP contribution in [0.2, 0.25) is 0 Å². The van der Waals surface area contributed by atoms with Crippen LogP contribution in [0.1, 0.15) is 15.9 Å². The van der Waals surface area contributed by atoms with Gasteiger partial charge in [-0.2, -0.15) is 0 Å². The van der Waals surface area contributed by atoms with E-state index in [-0.39, 0.29) is 11.5 Å². The van der Waals surface area contributed by atoms with Crippen molar-refractivity contribution in [1.82, 2.24) is 0 Å². The number of hydrogen-bond acceptors (Lipinski definition) is 5. The van der Waals surface area contributed by atoms with E-state index in [0.717, 1.165) is 10.9 Å². The van der Waals surface area contributed by atoms with E-state index in [1.165, 1.54) is 33.5 Å². The first-order valence-corrected chi connectivity index (χ1v) is 9.72. The highest BCUT2D eigenvalue weighted by atomic mass is 32.2. The lowest BCUT2D eigenvalue weighted by atomic mass is 10.1. The number of amides is 1. The predicted molar refractivity (Wildman–Crippen MR) is 111 cm³/mol. The summed E-state index contributed by atoms with van der Waals surface area (Å²) >= 11 is 8.25. The summed E-state index contributed by atoms with van der Waals surface area (Å²) in [6.45, 7) is 0. The Kier molecular flexibility index (Phi) is 4.36. The Morgan fingerprint density at radius 2 is 1.85 bits per heavy atom. The minimum atomic E-state index is -1.01. The van der Waals surface area contributed by atoms with E-state index in [9.17, 15) is 9.59 Å². The number of carbonyl (C=O) groups is 2. The van der Waals surface area contributed by atoms with Gasteiger partial charge in [-0.05, 0) is 52.7 Å². The summed E-state index contributed by atoms with van der Waals surface area (Å²) in [5.41, 5.74) is 1.72. The number of benzene rings is 2. The number of nitrogens with zero attached hydrogens (tertiary/aromatic N) is 1. The van der Waals surface area contributed by atoms with Crippen molar-refractivity contribution in [2.45, 2.75) is 0 Å².